The van der Waals surface area contributed by atoms with Gasteiger partial charge in [-0.2, -0.15) is 0 Å². The number of hydrogen-bond donors (Lipinski definition) is 0. The molecule has 2 rings (SSSR count). The normalized spacial score (nSPS) is 22.2. The number of fused-ring (bicyclic) bond motifs is 1. The molecule has 1 nitrogen and oxygen atoms in total. The van der Waals surface area contributed by atoms with E-state index in [-0.39, 0.29) is 5.41 Å². The third-order valence-electron chi connectivity index (χ3n) is 5.60. The van der Waals surface area contributed by atoms with Gasteiger partial charge in [0.05, 0.1) is 5.41 Å². The minimum absolute atomic E-state index is 0.221. The molecule has 0 bridgehead atoms. The van der Waals surface area contributed by atoms with Gasteiger partial charge in [0.1, 0.15) is 5.78 Å². The average molecular weight is 258 g/mol. The quantitative estimate of drug-likeness (QED) is 0.763. The van der Waals surface area contributed by atoms with Crippen molar-refractivity contribution in [1.29, 1.82) is 0 Å². The molecule has 1 aliphatic rings. The Hall–Kier alpha value is -1.11. The summed E-state index contributed by atoms with van der Waals surface area (Å²) in [6, 6.07) is 0. The van der Waals surface area contributed by atoms with Gasteiger partial charge >= 0.3 is 0 Å². The molecule has 0 heterocycles. The number of Topliss-reactive ketones (excluding diaryl/α,β-unsaturated/α-hetero) is 1. The standard InChI is InChI=1S/C18H26O/c1-7-18(15(6)19)10-8-9-16-13(4)11(2)12(3)14(5)17(16)18/h7-10H2,1-6H3. The zero-order valence-electron chi connectivity index (χ0n) is 13.2. The van der Waals surface area contributed by atoms with Gasteiger partial charge < -0.3 is 0 Å². The summed E-state index contributed by atoms with van der Waals surface area (Å²) in [6.45, 7) is 12.8. The Kier molecular flexibility index (Phi) is 3.59. The first kappa shape index (κ1) is 14.3. The van der Waals surface area contributed by atoms with E-state index in [1.54, 1.807) is 6.92 Å². The largest absolute Gasteiger partial charge is 0.299 e. The third kappa shape index (κ3) is 1.86. The molecule has 0 aromatic heterocycles. The predicted molar refractivity (Wildman–Crippen MR) is 81.0 cm³/mol. The van der Waals surface area contributed by atoms with Gasteiger partial charge in [0.15, 0.2) is 0 Å². The Balaban J connectivity index is 2.85. The predicted octanol–water partition coefficient (Wildman–Crippen LogP) is 4.49. The first-order valence-electron chi connectivity index (χ1n) is 7.47. The van der Waals surface area contributed by atoms with Crippen LogP contribution in [-0.4, -0.2) is 5.78 Å². The topological polar surface area (TPSA) is 17.1 Å². The molecule has 0 saturated carbocycles. The van der Waals surface area contributed by atoms with Crippen molar-refractivity contribution in [2.75, 3.05) is 0 Å². The summed E-state index contributed by atoms with van der Waals surface area (Å²) >= 11 is 0. The molecule has 19 heavy (non-hydrogen) atoms. The molecule has 0 N–H and O–H groups in total. The summed E-state index contributed by atoms with van der Waals surface area (Å²) in [5, 5.41) is 0. The van der Waals surface area contributed by atoms with Crippen LogP contribution < -0.4 is 0 Å². The van der Waals surface area contributed by atoms with Crippen molar-refractivity contribution >= 4 is 5.78 Å². The van der Waals surface area contributed by atoms with Gasteiger partial charge in [0.2, 0.25) is 0 Å². The van der Waals surface area contributed by atoms with Crippen LogP contribution in [0.4, 0.5) is 0 Å². The minimum Gasteiger partial charge on any atom is -0.299 e. The summed E-state index contributed by atoms with van der Waals surface area (Å²) in [6.07, 6.45) is 4.23. The lowest BCUT2D eigenvalue weighted by molar-refractivity contribution is -0.123. The van der Waals surface area contributed by atoms with Crippen LogP contribution in [-0.2, 0) is 16.6 Å². The van der Waals surface area contributed by atoms with Crippen LogP contribution in [0.15, 0.2) is 0 Å². The highest BCUT2D eigenvalue weighted by molar-refractivity contribution is 5.89. The van der Waals surface area contributed by atoms with Gasteiger partial charge in [-0.3, -0.25) is 4.79 Å². The van der Waals surface area contributed by atoms with Gasteiger partial charge in [0.25, 0.3) is 0 Å². The van der Waals surface area contributed by atoms with Crippen molar-refractivity contribution in [2.24, 2.45) is 0 Å². The van der Waals surface area contributed by atoms with E-state index in [2.05, 4.69) is 34.6 Å². The lowest BCUT2D eigenvalue weighted by Gasteiger charge is -2.40. The Morgan fingerprint density at radius 2 is 1.63 bits per heavy atom. The van der Waals surface area contributed by atoms with Gasteiger partial charge in [0, 0.05) is 0 Å². The average Bonchev–Trinajstić information content (AvgIpc) is 2.41. The van der Waals surface area contributed by atoms with E-state index in [1.165, 1.54) is 33.4 Å². The number of benzene rings is 1. The maximum Gasteiger partial charge on any atom is 0.140 e. The van der Waals surface area contributed by atoms with Gasteiger partial charge in [-0.25, -0.2) is 0 Å². The fourth-order valence-corrected chi connectivity index (χ4v) is 4.00. The van der Waals surface area contributed by atoms with E-state index < -0.39 is 0 Å². The smallest absolute Gasteiger partial charge is 0.140 e. The van der Waals surface area contributed by atoms with E-state index in [9.17, 15) is 4.79 Å². The van der Waals surface area contributed by atoms with E-state index in [4.69, 9.17) is 0 Å². The van der Waals surface area contributed by atoms with Crippen LogP contribution >= 0.6 is 0 Å². The second-order valence-corrected chi connectivity index (χ2v) is 6.20. The lowest BCUT2D eigenvalue weighted by atomic mass is 9.63. The van der Waals surface area contributed by atoms with Crippen molar-refractivity contribution in [1.82, 2.24) is 0 Å². The zero-order valence-corrected chi connectivity index (χ0v) is 13.2. The number of carbonyl (C=O) groups is 1. The van der Waals surface area contributed by atoms with Crippen LogP contribution in [0.5, 0.6) is 0 Å². The molecule has 0 saturated heterocycles. The zero-order chi connectivity index (χ0) is 14.4. The molecule has 0 aliphatic heterocycles. The summed E-state index contributed by atoms with van der Waals surface area (Å²) < 4.78 is 0. The lowest BCUT2D eigenvalue weighted by Crippen LogP contribution is -2.38. The molecule has 0 amide bonds. The van der Waals surface area contributed by atoms with Gasteiger partial charge in [-0.15, -0.1) is 0 Å². The van der Waals surface area contributed by atoms with Gasteiger partial charge in [-0.1, -0.05) is 6.92 Å². The SMILES string of the molecule is CCC1(C(C)=O)CCCc2c(C)c(C)c(C)c(C)c21. The molecule has 0 spiro atoms. The summed E-state index contributed by atoms with van der Waals surface area (Å²) in [5.41, 5.74) is 8.16. The minimum atomic E-state index is -0.221. The summed E-state index contributed by atoms with van der Waals surface area (Å²) in [5.74, 6) is 0.349. The Morgan fingerprint density at radius 1 is 1.05 bits per heavy atom. The first-order valence-corrected chi connectivity index (χ1v) is 7.47. The van der Waals surface area contributed by atoms with Crippen molar-refractivity contribution in [2.45, 2.75) is 72.6 Å². The van der Waals surface area contributed by atoms with E-state index in [1.807, 2.05) is 0 Å². The van der Waals surface area contributed by atoms with E-state index in [0.717, 1.165) is 25.7 Å². The molecule has 1 aromatic rings. The van der Waals surface area contributed by atoms with Crippen molar-refractivity contribution in [3.63, 3.8) is 0 Å². The molecule has 1 heteroatoms. The monoisotopic (exact) mass is 258 g/mol. The molecule has 0 fully saturated rings. The molecule has 0 radical (unpaired) electrons. The van der Waals surface area contributed by atoms with Crippen LogP contribution in [0.2, 0.25) is 0 Å². The molecule has 1 unspecified atom stereocenters. The Bertz CT molecular complexity index is 539. The number of carbonyl (C=O) groups excluding carboxylic acids is 1. The van der Waals surface area contributed by atoms with E-state index >= 15 is 0 Å². The van der Waals surface area contributed by atoms with E-state index in [0.29, 0.717) is 5.78 Å². The maximum atomic E-state index is 12.4. The van der Waals surface area contributed by atoms with Crippen molar-refractivity contribution in [3.8, 4) is 0 Å². The summed E-state index contributed by atoms with van der Waals surface area (Å²) in [4.78, 5) is 12.4. The second kappa shape index (κ2) is 4.77. The Morgan fingerprint density at radius 3 is 2.16 bits per heavy atom. The first-order chi connectivity index (χ1) is 8.86. The third-order valence-corrected chi connectivity index (χ3v) is 5.60. The number of hydrogen-bond acceptors (Lipinski definition) is 1. The van der Waals surface area contributed by atoms with Crippen molar-refractivity contribution < 1.29 is 4.79 Å². The molecule has 1 atom stereocenters. The van der Waals surface area contributed by atoms with Crippen LogP contribution in [0.25, 0.3) is 0 Å². The van der Waals surface area contributed by atoms with Crippen LogP contribution in [0, 0.1) is 27.7 Å². The highest BCUT2D eigenvalue weighted by Gasteiger charge is 2.41. The molecular formula is C18H26O. The molecular weight excluding hydrogens is 232 g/mol. The second-order valence-electron chi connectivity index (χ2n) is 6.20. The molecule has 1 aliphatic carbocycles. The van der Waals surface area contributed by atoms with Crippen LogP contribution in [0.1, 0.15) is 66.5 Å². The number of rotatable bonds is 2. The highest BCUT2D eigenvalue weighted by Crippen LogP contribution is 2.45. The number of ketones is 1. The fraction of sp³-hybridized carbons (Fsp3) is 0.611. The molecule has 104 valence electrons. The fourth-order valence-electron chi connectivity index (χ4n) is 4.00. The molecule has 1 aromatic carbocycles. The Labute approximate surface area is 117 Å². The maximum absolute atomic E-state index is 12.4. The summed E-state index contributed by atoms with van der Waals surface area (Å²) in [7, 11) is 0. The van der Waals surface area contributed by atoms with Crippen molar-refractivity contribution in [3.05, 3.63) is 33.4 Å². The highest BCUT2D eigenvalue weighted by atomic mass is 16.1. The van der Waals surface area contributed by atoms with Crippen LogP contribution in [0.3, 0.4) is 0 Å². The van der Waals surface area contributed by atoms with Gasteiger partial charge in [-0.05, 0) is 93.7 Å².